The molecule has 2 aromatic rings. The first-order valence-electron chi connectivity index (χ1n) is 5.72. The molecule has 4 nitrogen and oxygen atoms in total. The molecule has 0 saturated carbocycles. The fourth-order valence-corrected chi connectivity index (χ4v) is 2.54. The molecular formula is C14H8ClNO3S. The molecule has 1 N–H and O–H groups in total. The highest BCUT2D eigenvalue weighted by Gasteiger charge is 2.25. The quantitative estimate of drug-likeness (QED) is 0.854. The van der Waals surface area contributed by atoms with Crippen molar-refractivity contribution in [3.63, 3.8) is 0 Å². The Balaban J connectivity index is 1.87. The van der Waals surface area contributed by atoms with E-state index in [-0.39, 0.29) is 5.24 Å². The topological polar surface area (TPSA) is 59.3 Å². The van der Waals surface area contributed by atoms with Crippen molar-refractivity contribution in [2.75, 3.05) is 0 Å². The molecule has 0 aliphatic carbocycles. The van der Waals surface area contributed by atoms with Crippen molar-refractivity contribution in [2.45, 2.75) is 0 Å². The molecule has 1 aromatic heterocycles. The largest absolute Gasteiger partial charge is 0.457 e. The Labute approximate surface area is 123 Å². The number of carbonyl (C=O) groups is 2. The fourth-order valence-electron chi connectivity index (χ4n) is 1.75. The number of furan rings is 1. The minimum atomic E-state index is -0.399. The summed E-state index contributed by atoms with van der Waals surface area (Å²) >= 11 is 6.69. The molecule has 1 aromatic carbocycles. The van der Waals surface area contributed by atoms with Crippen LogP contribution in [0.4, 0.5) is 4.79 Å². The van der Waals surface area contributed by atoms with E-state index in [9.17, 15) is 9.59 Å². The third-order valence-corrected chi connectivity index (χ3v) is 3.73. The zero-order chi connectivity index (χ0) is 14.1. The molecule has 0 bridgehead atoms. The monoisotopic (exact) mass is 305 g/mol. The molecule has 3 rings (SSSR count). The molecule has 100 valence electrons. The summed E-state index contributed by atoms with van der Waals surface area (Å²) in [5.74, 6) is 0.787. The van der Waals surface area contributed by atoms with Gasteiger partial charge in [-0.2, -0.15) is 0 Å². The van der Waals surface area contributed by atoms with Crippen LogP contribution < -0.4 is 5.32 Å². The Hall–Kier alpha value is -1.98. The normalized spacial score (nSPS) is 16.8. The van der Waals surface area contributed by atoms with Crippen molar-refractivity contribution in [3.05, 3.63) is 52.1 Å². The lowest BCUT2D eigenvalue weighted by atomic mass is 10.2. The number of nitrogens with one attached hydrogen (secondary N) is 1. The van der Waals surface area contributed by atoms with Gasteiger partial charge < -0.3 is 4.42 Å². The minimum absolute atomic E-state index is 0.326. The second kappa shape index (κ2) is 5.19. The van der Waals surface area contributed by atoms with Crippen molar-refractivity contribution in [1.29, 1.82) is 0 Å². The van der Waals surface area contributed by atoms with Crippen molar-refractivity contribution < 1.29 is 14.0 Å². The number of rotatable bonds is 2. The predicted molar refractivity (Wildman–Crippen MR) is 78.3 cm³/mol. The first kappa shape index (κ1) is 13.0. The number of imide groups is 1. The van der Waals surface area contributed by atoms with E-state index in [0.29, 0.717) is 21.4 Å². The van der Waals surface area contributed by atoms with Gasteiger partial charge in [-0.15, -0.1) is 0 Å². The lowest BCUT2D eigenvalue weighted by molar-refractivity contribution is -0.115. The Morgan fingerprint density at radius 2 is 1.85 bits per heavy atom. The summed E-state index contributed by atoms with van der Waals surface area (Å²) in [4.78, 5) is 22.8. The van der Waals surface area contributed by atoms with Crippen LogP contribution in [-0.2, 0) is 4.79 Å². The average molecular weight is 306 g/mol. The van der Waals surface area contributed by atoms with Crippen LogP contribution in [0.5, 0.6) is 0 Å². The molecule has 0 spiro atoms. The summed E-state index contributed by atoms with van der Waals surface area (Å²) in [7, 11) is 0. The summed E-state index contributed by atoms with van der Waals surface area (Å²) in [6.07, 6.45) is 1.55. The first-order valence-corrected chi connectivity index (χ1v) is 6.92. The van der Waals surface area contributed by atoms with Crippen molar-refractivity contribution in [1.82, 2.24) is 5.32 Å². The van der Waals surface area contributed by atoms with Gasteiger partial charge >= 0.3 is 0 Å². The maximum absolute atomic E-state index is 11.4. The molecule has 1 fully saturated rings. The Morgan fingerprint density at radius 1 is 1.10 bits per heavy atom. The molecule has 1 aliphatic heterocycles. The molecule has 20 heavy (non-hydrogen) atoms. The Bertz CT molecular complexity index is 718. The third kappa shape index (κ3) is 2.64. The van der Waals surface area contributed by atoms with E-state index in [1.54, 1.807) is 30.3 Å². The van der Waals surface area contributed by atoms with Gasteiger partial charge in [0.05, 0.1) is 4.91 Å². The second-order valence-corrected chi connectivity index (χ2v) is 5.51. The third-order valence-electron chi connectivity index (χ3n) is 2.67. The summed E-state index contributed by atoms with van der Waals surface area (Å²) in [5, 5.41) is 2.48. The molecule has 1 saturated heterocycles. The lowest BCUT2D eigenvalue weighted by Gasteiger charge is -1.96. The smallest absolute Gasteiger partial charge is 0.290 e. The number of amides is 2. The fraction of sp³-hybridized carbons (Fsp3) is 0. The lowest BCUT2D eigenvalue weighted by Crippen LogP contribution is -2.17. The summed E-state index contributed by atoms with van der Waals surface area (Å²) in [6.45, 7) is 0. The van der Waals surface area contributed by atoms with Crippen molar-refractivity contribution in [2.24, 2.45) is 0 Å². The van der Waals surface area contributed by atoms with E-state index >= 15 is 0 Å². The van der Waals surface area contributed by atoms with E-state index in [4.69, 9.17) is 16.0 Å². The van der Waals surface area contributed by atoms with Crippen LogP contribution in [0, 0.1) is 0 Å². The van der Waals surface area contributed by atoms with E-state index in [0.717, 1.165) is 17.3 Å². The Kier molecular flexibility index (Phi) is 3.38. The minimum Gasteiger partial charge on any atom is -0.457 e. The molecule has 2 heterocycles. The number of hydrogen-bond acceptors (Lipinski definition) is 4. The van der Waals surface area contributed by atoms with Crippen molar-refractivity contribution in [3.8, 4) is 11.3 Å². The van der Waals surface area contributed by atoms with Crippen LogP contribution in [0.2, 0.25) is 5.02 Å². The van der Waals surface area contributed by atoms with Gasteiger partial charge in [0.15, 0.2) is 0 Å². The van der Waals surface area contributed by atoms with Gasteiger partial charge in [-0.05, 0) is 48.2 Å². The van der Waals surface area contributed by atoms with Crippen LogP contribution in [0.25, 0.3) is 17.4 Å². The van der Waals surface area contributed by atoms with Gasteiger partial charge in [0.25, 0.3) is 11.1 Å². The number of benzene rings is 1. The molecule has 1 aliphatic rings. The van der Waals surface area contributed by atoms with E-state index in [2.05, 4.69) is 5.32 Å². The van der Waals surface area contributed by atoms with Crippen LogP contribution in [0.15, 0.2) is 45.7 Å². The molecule has 6 heteroatoms. The molecular weight excluding hydrogens is 298 g/mol. The molecule has 0 atom stereocenters. The van der Waals surface area contributed by atoms with Crippen molar-refractivity contribution >= 4 is 40.6 Å². The van der Waals surface area contributed by atoms with Gasteiger partial charge in [0, 0.05) is 16.7 Å². The number of thioether (sulfide) groups is 1. The van der Waals surface area contributed by atoms with E-state index in [1.165, 1.54) is 0 Å². The highest BCUT2D eigenvalue weighted by Crippen LogP contribution is 2.28. The predicted octanol–water partition coefficient (Wildman–Crippen LogP) is 3.92. The number of hydrogen-bond donors (Lipinski definition) is 1. The average Bonchev–Trinajstić information content (AvgIpc) is 2.98. The van der Waals surface area contributed by atoms with Gasteiger partial charge in [-0.3, -0.25) is 14.9 Å². The maximum atomic E-state index is 11.4. The van der Waals surface area contributed by atoms with Gasteiger partial charge in [0.1, 0.15) is 11.5 Å². The highest BCUT2D eigenvalue weighted by molar-refractivity contribution is 8.18. The first-order chi connectivity index (χ1) is 9.61. The summed E-state index contributed by atoms with van der Waals surface area (Å²) < 4.78 is 5.63. The van der Waals surface area contributed by atoms with Gasteiger partial charge in [-0.1, -0.05) is 11.6 Å². The summed E-state index contributed by atoms with van der Waals surface area (Å²) in [5.41, 5.74) is 0.888. The number of halogens is 1. The Morgan fingerprint density at radius 3 is 2.50 bits per heavy atom. The zero-order valence-corrected chi connectivity index (χ0v) is 11.6. The standard InChI is InChI=1S/C14H8ClNO3S/c15-9-3-1-8(2-4-9)11-6-5-10(19-11)7-12-13(17)16-14(18)20-12/h1-7H,(H,16,17,18). The van der Waals surface area contributed by atoms with Gasteiger partial charge in [-0.25, -0.2) is 0 Å². The van der Waals surface area contributed by atoms with Crippen LogP contribution in [-0.4, -0.2) is 11.1 Å². The van der Waals surface area contributed by atoms with Crippen LogP contribution in [0.1, 0.15) is 5.76 Å². The zero-order valence-electron chi connectivity index (χ0n) is 10.1. The SMILES string of the molecule is O=C1NC(=O)C(=Cc2ccc(-c3ccc(Cl)cc3)o2)S1. The van der Waals surface area contributed by atoms with E-state index < -0.39 is 5.91 Å². The molecule has 0 radical (unpaired) electrons. The van der Waals surface area contributed by atoms with Crippen LogP contribution >= 0.6 is 23.4 Å². The molecule has 2 amide bonds. The van der Waals surface area contributed by atoms with E-state index in [1.807, 2.05) is 12.1 Å². The maximum Gasteiger partial charge on any atom is 0.290 e. The van der Waals surface area contributed by atoms with Crippen LogP contribution in [0.3, 0.4) is 0 Å². The summed E-state index contributed by atoms with van der Waals surface area (Å²) in [6, 6.07) is 10.8. The van der Waals surface area contributed by atoms with Gasteiger partial charge in [0.2, 0.25) is 0 Å². The number of carbonyl (C=O) groups excluding carboxylic acids is 2. The molecule has 0 unspecified atom stereocenters. The highest BCUT2D eigenvalue weighted by atomic mass is 35.5. The second-order valence-electron chi connectivity index (χ2n) is 4.06.